The second-order valence-corrected chi connectivity index (χ2v) is 4.61. The van der Waals surface area contributed by atoms with E-state index in [4.69, 9.17) is 10.5 Å². The van der Waals surface area contributed by atoms with Crippen LogP contribution >= 0.6 is 0 Å². The van der Waals surface area contributed by atoms with Gasteiger partial charge in [0.2, 0.25) is 5.91 Å². The highest BCUT2D eigenvalue weighted by atomic mass is 16.5. The highest BCUT2D eigenvalue weighted by Gasteiger charge is 2.18. The Bertz CT molecular complexity index is 474. The Kier molecular flexibility index (Phi) is 4.57. The van der Waals surface area contributed by atoms with Crippen molar-refractivity contribution in [1.82, 2.24) is 20.4 Å². The van der Waals surface area contributed by atoms with Crippen molar-refractivity contribution >= 4 is 17.6 Å². The van der Waals surface area contributed by atoms with E-state index < -0.39 is 0 Å². The molecule has 0 spiro atoms. The Morgan fingerprint density at radius 2 is 2.15 bits per heavy atom. The van der Waals surface area contributed by atoms with Gasteiger partial charge in [0.05, 0.1) is 13.2 Å². The molecule has 0 bridgehead atoms. The summed E-state index contributed by atoms with van der Waals surface area (Å²) in [5, 5.41) is 9.08. The van der Waals surface area contributed by atoms with Crippen molar-refractivity contribution in [3.8, 4) is 0 Å². The zero-order valence-electron chi connectivity index (χ0n) is 11.4. The molecule has 2 rings (SSSR count). The highest BCUT2D eigenvalue weighted by Crippen LogP contribution is 2.11. The van der Waals surface area contributed by atoms with Crippen molar-refractivity contribution in [3.05, 3.63) is 11.3 Å². The quantitative estimate of drug-likeness (QED) is 0.674. The number of H-pyrrole nitrogens is 1. The number of nitrogens with two attached hydrogens (primary N) is 1. The van der Waals surface area contributed by atoms with Crippen LogP contribution in [-0.4, -0.2) is 59.8 Å². The maximum Gasteiger partial charge on any atom is 0.256 e. The van der Waals surface area contributed by atoms with E-state index in [1.807, 2.05) is 0 Å². The van der Waals surface area contributed by atoms with Gasteiger partial charge in [-0.3, -0.25) is 14.7 Å². The lowest BCUT2D eigenvalue weighted by molar-refractivity contribution is -0.135. The van der Waals surface area contributed by atoms with Crippen LogP contribution in [0.25, 0.3) is 0 Å². The summed E-state index contributed by atoms with van der Waals surface area (Å²) in [4.78, 5) is 25.5. The Morgan fingerprint density at radius 1 is 1.45 bits per heavy atom. The van der Waals surface area contributed by atoms with Crippen LogP contribution in [0.1, 0.15) is 22.5 Å². The summed E-state index contributed by atoms with van der Waals surface area (Å²) in [5.41, 5.74) is 6.55. The van der Waals surface area contributed by atoms with Gasteiger partial charge in [-0.1, -0.05) is 0 Å². The first-order chi connectivity index (χ1) is 9.59. The van der Waals surface area contributed by atoms with Crippen molar-refractivity contribution in [2.24, 2.45) is 0 Å². The van der Waals surface area contributed by atoms with Gasteiger partial charge in [0.15, 0.2) is 5.82 Å². The number of morpholine rings is 1. The summed E-state index contributed by atoms with van der Waals surface area (Å²) in [6, 6.07) is 0. The number of rotatable bonds is 4. The van der Waals surface area contributed by atoms with Crippen LogP contribution in [0.4, 0.5) is 5.82 Å². The number of hydrogen-bond donors (Lipinski definition) is 3. The normalized spacial score (nSPS) is 15.2. The first kappa shape index (κ1) is 14.3. The molecule has 0 aromatic carbocycles. The van der Waals surface area contributed by atoms with Crippen LogP contribution in [0.5, 0.6) is 0 Å². The predicted octanol–water partition coefficient (Wildman–Crippen LogP) is -0.721. The van der Waals surface area contributed by atoms with Gasteiger partial charge in [-0.05, 0) is 6.92 Å². The zero-order chi connectivity index (χ0) is 14.5. The van der Waals surface area contributed by atoms with Crippen LogP contribution in [0.3, 0.4) is 0 Å². The van der Waals surface area contributed by atoms with E-state index in [9.17, 15) is 9.59 Å². The van der Waals surface area contributed by atoms with Crippen LogP contribution < -0.4 is 11.1 Å². The minimum atomic E-state index is -0.316. The number of amides is 2. The number of anilines is 1. The molecule has 8 heteroatoms. The molecule has 0 saturated carbocycles. The molecule has 4 N–H and O–H groups in total. The highest BCUT2D eigenvalue weighted by molar-refractivity contribution is 5.99. The molecular weight excluding hydrogens is 262 g/mol. The number of aromatic nitrogens is 2. The summed E-state index contributed by atoms with van der Waals surface area (Å²) in [6.07, 6.45) is 0.266. The molecule has 0 atom stereocenters. The monoisotopic (exact) mass is 281 g/mol. The summed E-state index contributed by atoms with van der Waals surface area (Å²) < 4.78 is 5.18. The molecule has 1 fully saturated rings. The Hall–Kier alpha value is -2.09. The first-order valence-electron chi connectivity index (χ1n) is 6.53. The number of ether oxygens (including phenoxy) is 1. The average molecular weight is 281 g/mol. The molecule has 0 unspecified atom stereocenters. The summed E-state index contributed by atoms with van der Waals surface area (Å²) >= 11 is 0. The van der Waals surface area contributed by atoms with Crippen molar-refractivity contribution in [3.63, 3.8) is 0 Å². The number of aromatic amines is 1. The van der Waals surface area contributed by atoms with Gasteiger partial charge in [-0.2, -0.15) is 5.10 Å². The van der Waals surface area contributed by atoms with E-state index in [-0.39, 0.29) is 30.6 Å². The van der Waals surface area contributed by atoms with Gasteiger partial charge in [0, 0.05) is 31.7 Å². The van der Waals surface area contributed by atoms with Gasteiger partial charge in [-0.25, -0.2) is 0 Å². The number of nitrogen functional groups attached to an aromatic ring is 1. The molecule has 110 valence electrons. The average Bonchev–Trinajstić information content (AvgIpc) is 2.79. The number of aryl methyl sites for hydroxylation is 1. The van der Waals surface area contributed by atoms with Crippen LogP contribution in [-0.2, 0) is 9.53 Å². The fraction of sp³-hybridized carbons (Fsp3) is 0.583. The third kappa shape index (κ3) is 3.27. The first-order valence-corrected chi connectivity index (χ1v) is 6.53. The summed E-state index contributed by atoms with van der Waals surface area (Å²) in [5.74, 6) is -0.131. The minimum absolute atomic E-state index is 0.0190. The van der Waals surface area contributed by atoms with E-state index in [1.54, 1.807) is 11.8 Å². The largest absolute Gasteiger partial charge is 0.382 e. The predicted molar refractivity (Wildman–Crippen MR) is 72.1 cm³/mol. The van der Waals surface area contributed by atoms with E-state index in [0.29, 0.717) is 37.6 Å². The van der Waals surface area contributed by atoms with Crippen molar-refractivity contribution in [2.45, 2.75) is 13.3 Å². The van der Waals surface area contributed by atoms with Gasteiger partial charge in [0.25, 0.3) is 5.91 Å². The lowest BCUT2D eigenvalue weighted by Gasteiger charge is -2.26. The van der Waals surface area contributed by atoms with Crippen LogP contribution in [0, 0.1) is 6.92 Å². The molecule has 1 aromatic heterocycles. The lowest BCUT2D eigenvalue weighted by atomic mass is 10.2. The number of carbonyl (C=O) groups is 2. The number of nitrogens with zero attached hydrogens (tertiary/aromatic N) is 2. The Labute approximate surface area is 116 Å². The van der Waals surface area contributed by atoms with Gasteiger partial charge in [0.1, 0.15) is 5.56 Å². The molecular formula is C12H19N5O3. The molecule has 1 aliphatic rings. The van der Waals surface area contributed by atoms with Crippen LogP contribution in [0.2, 0.25) is 0 Å². The molecule has 0 radical (unpaired) electrons. The topological polar surface area (TPSA) is 113 Å². The van der Waals surface area contributed by atoms with E-state index in [0.717, 1.165) is 0 Å². The number of hydrogen-bond acceptors (Lipinski definition) is 5. The van der Waals surface area contributed by atoms with E-state index in [1.165, 1.54) is 0 Å². The van der Waals surface area contributed by atoms with Gasteiger partial charge in [-0.15, -0.1) is 0 Å². The van der Waals surface area contributed by atoms with Gasteiger partial charge >= 0.3 is 0 Å². The van der Waals surface area contributed by atoms with Crippen LogP contribution in [0.15, 0.2) is 0 Å². The summed E-state index contributed by atoms with van der Waals surface area (Å²) in [7, 11) is 0. The fourth-order valence-electron chi connectivity index (χ4n) is 2.08. The lowest BCUT2D eigenvalue weighted by Crippen LogP contribution is -2.42. The van der Waals surface area contributed by atoms with E-state index >= 15 is 0 Å². The standard InChI is InChI=1S/C12H19N5O3/c1-8-10(11(13)16-15-8)12(19)14-3-2-9(18)17-4-6-20-7-5-17/h2-7H2,1H3,(H,14,19)(H3,13,15,16). The molecule has 0 aliphatic carbocycles. The third-order valence-electron chi connectivity index (χ3n) is 3.19. The second-order valence-electron chi connectivity index (χ2n) is 4.61. The second kappa shape index (κ2) is 6.38. The smallest absolute Gasteiger partial charge is 0.256 e. The fourth-order valence-corrected chi connectivity index (χ4v) is 2.08. The molecule has 1 saturated heterocycles. The maximum absolute atomic E-state index is 11.9. The maximum atomic E-state index is 11.9. The molecule has 2 amide bonds. The zero-order valence-corrected chi connectivity index (χ0v) is 11.4. The molecule has 1 aromatic rings. The van der Waals surface area contributed by atoms with Crippen molar-refractivity contribution in [2.75, 3.05) is 38.6 Å². The van der Waals surface area contributed by atoms with Crippen molar-refractivity contribution < 1.29 is 14.3 Å². The van der Waals surface area contributed by atoms with Crippen molar-refractivity contribution in [1.29, 1.82) is 0 Å². The van der Waals surface area contributed by atoms with E-state index in [2.05, 4.69) is 15.5 Å². The number of nitrogens with one attached hydrogen (secondary N) is 2. The molecule has 20 heavy (non-hydrogen) atoms. The Balaban J connectivity index is 1.78. The third-order valence-corrected chi connectivity index (χ3v) is 3.19. The number of carbonyl (C=O) groups excluding carboxylic acids is 2. The SMILES string of the molecule is Cc1[nH]nc(N)c1C(=O)NCCC(=O)N1CCOCC1. The van der Waals surface area contributed by atoms with Gasteiger partial charge < -0.3 is 20.7 Å². The Morgan fingerprint density at radius 3 is 2.75 bits per heavy atom. The molecule has 8 nitrogen and oxygen atoms in total. The molecule has 2 heterocycles. The summed E-state index contributed by atoms with van der Waals surface area (Å²) in [6.45, 7) is 4.36. The molecule has 1 aliphatic heterocycles. The minimum Gasteiger partial charge on any atom is -0.382 e.